The van der Waals surface area contributed by atoms with Crippen LogP contribution >= 0.6 is 58.3 Å². The number of rotatable bonds is 7. The van der Waals surface area contributed by atoms with E-state index in [4.69, 9.17) is 11.6 Å². The molecule has 0 bridgehead atoms. The summed E-state index contributed by atoms with van der Waals surface area (Å²) in [6.07, 6.45) is 1.96. The molecule has 0 fully saturated rings. The number of hydrogen-bond acceptors (Lipinski definition) is 3. The van der Waals surface area contributed by atoms with Gasteiger partial charge in [-0.2, -0.15) is 0 Å². The zero-order valence-electron chi connectivity index (χ0n) is 12.5. The third-order valence-electron chi connectivity index (χ3n) is 2.85. The lowest BCUT2D eigenvalue weighted by Gasteiger charge is -2.10. The molecule has 0 aliphatic heterocycles. The summed E-state index contributed by atoms with van der Waals surface area (Å²) in [5, 5.41) is 8.74. The largest absolute Gasteiger partial charge is 0.357 e. The second-order valence-electron chi connectivity index (χ2n) is 4.47. The molecule has 2 aromatic heterocycles. The Morgan fingerprint density at radius 2 is 2.05 bits per heavy atom. The molecule has 2 aromatic rings. The van der Waals surface area contributed by atoms with E-state index < -0.39 is 0 Å². The fourth-order valence-corrected chi connectivity index (χ4v) is 3.65. The van der Waals surface area contributed by atoms with E-state index >= 15 is 0 Å². The van der Waals surface area contributed by atoms with Crippen LogP contribution in [0.2, 0.25) is 4.34 Å². The van der Waals surface area contributed by atoms with E-state index in [1.54, 1.807) is 22.7 Å². The van der Waals surface area contributed by atoms with Crippen molar-refractivity contribution in [2.24, 2.45) is 4.99 Å². The van der Waals surface area contributed by atoms with Crippen LogP contribution in [0.4, 0.5) is 0 Å². The predicted octanol–water partition coefficient (Wildman–Crippen LogP) is 4.42. The standard InChI is InChI=1S/C15H20ClN3S2.HI/c1-2-17-15(18-9-7-12-4-3-11-20-12)19-10-8-13-5-6-14(16)21-13;/h3-6,11H,2,7-10H2,1H3,(H2,17,18,19);1H. The molecule has 22 heavy (non-hydrogen) atoms. The predicted molar refractivity (Wildman–Crippen MR) is 110 cm³/mol. The average Bonchev–Trinajstić information content (AvgIpc) is 3.11. The van der Waals surface area contributed by atoms with Gasteiger partial charge in [0.15, 0.2) is 5.96 Å². The van der Waals surface area contributed by atoms with Crippen LogP contribution < -0.4 is 10.6 Å². The first-order chi connectivity index (χ1) is 10.3. The first kappa shape index (κ1) is 19.7. The van der Waals surface area contributed by atoms with E-state index in [1.165, 1.54) is 9.75 Å². The molecule has 0 amide bonds. The first-order valence-electron chi connectivity index (χ1n) is 7.06. The van der Waals surface area contributed by atoms with Crippen LogP contribution in [0.3, 0.4) is 0 Å². The highest BCUT2D eigenvalue weighted by molar-refractivity contribution is 14.0. The van der Waals surface area contributed by atoms with E-state index in [0.717, 1.165) is 42.8 Å². The van der Waals surface area contributed by atoms with Gasteiger partial charge in [-0.1, -0.05) is 17.7 Å². The molecule has 0 saturated heterocycles. The number of halogens is 2. The van der Waals surface area contributed by atoms with Crippen LogP contribution in [-0.2, 0) is 12.8 Å². The van der Waals surface area contributed by atoms with Gasteiger partial charge in [0.2, 0.25) is 0 Å². The van der Waals surface area contributed by atoms with Crippen molar-refractivity contribution in [2.75, 3.05) is 19.6 Å². The summed E-state index contributed by atoms with van der Waals surface area (Å²) < 4.78 is 0.849. The van der Waals surface area contributed by atoms with E-state index in [1.807, 2.05) is 6.07 Å². The molecule has 0 aliphatic rings. The topological polar surface area (TPSA) is 36.4 Å². The van der Waals surface area contributed by atoms with Crippen molar-refractivity contribution in [3.8, 4) is 0 Å². The normalized spacial score (nSPS) is 11.1. The molecule has 0 atom stereocenters. The number of thiophene rings is 2. The highest BCUT2D eigenvalue weighted by atomic mass is 127. The molecule has 0 spiro atoms. The van der Waals surface area contributed by atoms with E-state index in [2.05, 4.69) is 46.1 Å². The van der Waals surface area contributed by atoms with Gasteiger partial charge in [0.05, 0.1) is 4.34 Å². The van der Waals surface area contributed by atoms with Crippen LogP contribution in [0, 0.1) is 0 Å². The molecule has 0 aliphatic carbocycles. The maximum absolute atomic E-state index is 5.93. The Morgan fingerprint density at radius 1 is 1.18 bits per heavy atom. The second-order valence-corrected chi connectivity index (χ2v) is 7.30. The summed E-state index contributed by atoms with van der Waals surface area (Å²) in [5.74, 6) is 0.886. The fraction of sp³-hybridized carbons (Fsp3) is 0.400. The van der Waals surface area contributed by atoms with Gasteiger partial charge >= 0.3 is 0 Å². The summed E-state index contributed by atoms with van der Waals surface area (Å²) in [5.41, 5.74) is 0. The Kier molecular flexibility index (Phi) is 10.1. The lowest BCUT2D eigenvalue weighted by atomic mass is 10.3. The monoisotopic (exact) mass is 469 g/mol. The van der Waals surface area contributed by atoms with Gasteiger partial charge < -0.3 is 10.6 Å². The SMILES string of the molecule is CCNC(=NCCc1cccs1)NCCc1ccc(Cl)s1.I. The molecule has 0 radical (unpaired) electrons. The Hall–Kier alpha value is -0.310. The van der Waals surface area contributed by atoms with Crippen molar-refractivity contribution < 1.29 is 0 Å². The number of aliphatic imine (C=N–C) groups is 1. The lowest BCUT2D eigenvalue weighted by Crippen LogP contribution is -2.38. The van der Waals surface area contributed by atoms with Crippen LogP contribution in [-0.4, -0.2) is 25.6 Å². The summed E-state index contributed by atoms with van der Waals surface area (Å²) in [4.78, 5) is 7.27. The van der Waals surface area contributed by atoms with Gasteiger partial charge in [-0.15, -0.1) is 46.7 Å². The quantitative estimate of drug-likeness (QED) is 0.358. The Bertz CT molecular complexity index is 555. The molecule has 2 rings (SSSR count). The minimum Gasteiger partial charge on any atom is -0.357 e. The molecule has 2 N–H and O–H groups in total. The molecular formula is C15H21ClIN3S2. The van der Waals surface area contributed by atoms with Crippen LogP contribution in [0.25, 0.3) is 0 Å². The Labute approximate surface area is 162 Å². The maximum atomic E-state index is 5.93. The van der Waals surface area contributed by atoms with Gasteiger partial charge in [-0.25, -0.2) is 0 Å². The minimum atomic E-state index is 0. The van der Waals surface area contributed by atoms with Crippen LogP contribution in [0.15, 0.2) is 34.6 Å². The molecule has 3 nitrogen and oxygen atoms in total. The highest BCUT2D eigenvalue weighted by Gasteiger charge is 2.00. The number of nitrogens with one attached hydrogen (secondary N) is 2. The lowest BCUT2D eigenvalue weighted by molar-refractivity contribution is 0.802. The third kappa shape index (κ3) is 7.30. The molecule has 0 unspecified atom stereocenters. The Morgan fingerprint density at radius 3 is 2.68 bits per heavy atom. The summed E-state index contributed by atoms with van der Waals surface area (Å²) in [6.45, 7) is 4.62. The number of guanidine groups is 1. The Balaban J connectivity index is 0.00000242. The van der Waals surface area contributed by atoms with E-state index in [-0.39, 0.29) is 24.0 Å². The average molecular weight is 470 g/mol. The van der Waals surface area contributed by atoms with E-state index in [9.17, 15) is 0 Å². The van der Waals surface area contributed by atoms with Gasteiger partial charge in [0, 0.05) is 35.8 Å². The highest BCUT2D eigenvalue weighted by Crippen LogP contribution is 2.21. The molecular weight excluding hydrogens is 449 g/mol. The van der Waals surface area contributed by atoms with Crippen molar-refractivity contribution >= 4 is 64.2 Å². The number of hydrogen-bond donors (Lipinski definition) is 2. The molecule has 2 heterocycles. The fourth-order valence-electron chi connectivity index (χ4n) is 1.86. The smallest absolute Gasteiger partial charge is 0.191 e. The maximum Gasteiger partial charge on any atom is 0.191 e. The second kappa shape index (κ2) is 11.3. The summed E-state index contributed by atoms with van der Waals surface area (Å²) in [7, 11) is 0. The zero-order valence-corrected chi connectivity index (χ0v) is 17.2. The van der Waals surface area contributed by atoms with Gasteiger partial charge in [0.1, 0.15) is 0 Å². The minimum absolute atomic E-state index is 0. The first-order valence-corrected chi connectivity index (χ1v) is 9.14. The van der Waals surface area contributed by atoms with Crippen molar-refractivity contribution in [3.63, 3.8) is 0 Å². The molecule has 122 valence electrons. The van der Waals surface area contributed by atoms with Gasteiger partial charge in [0.25, 0.3) is 0 Å². The van der Waals surface area contributed by atoms with Crippen LogP contribution in [0.1, 0.15) is 16.7 Å². The van der Waals surface area contributed by atoms with Crippen molar-refractivity contribution in [3.05, 3.63) is 43.7 Å². The van der Waals surface area contributed by atoms with E-state index in [0.29, 0.717) is 0 Å². The summed E-state index contributed by atoms with van der Waals surface area (Å²) >= 11 is 9.35. The van der Waals surface area contributed by atoms with Gasteiger partial charge in [-0.3, -0.25) is 4.99 Å². The van der Waals surface area contributed by atoms with Crippen LogP contribution in [0.5, 0.6) is 0 Å². The third-order valence-corrected chi connectivity index (χ3v) is 5.07. The zero-order chi connectivity index (χ0) is 14.9. The molecule has 7 heteroatoms. The molecule has 0 aromatic carbocycles. The number of nitrogens with zero attached hydrogens (tertiary/aromatic N) is 1. The van der Waals surface area contributed by atoms with Gasteiger partial charge in [-0.05, 0) is 36.9 Å². The summed E-state index contributed by atoms with van der Waals surface area (Å²) in [6, 6.07) is 8.26. The molecule has 0 saturated carbocycles. The van der Waals surface area contributed by atoms with Crippen molar-refractivity contribution in [2.45, 2.75) is 19.8 Å². The van der Waals surface area contributed by atoms with Crippen molar-refractivity contribution in [1.29, 1.82) is 0 Å². The van der Waals surface area contributed by atoms with Crippen molar-refractivity contribution in [1.82, 2.24) is 10.6 Å².